The van der Waals surface area contributed by atoms with Crippen LogP contribution in [0, 0.1) is 0 Å². The fourth-order valence-electron chi connectivity index (χ4n) is 1.23. The third kappa shape index (κ3) is 3.01. The molecule has 1 aromatic rings. The van der Waals surface area contributed by atoms with Gasteiger partial charge in [-0.1, -0.05) is 23.2 Å². The molecular formula is C10H10Cl2O5. The van der Waals surface area contributed by atoms with E-state index in [-0.39, 0.29) is 15.6 Å². The first-order chi connectivity index (χ1) is 7.88. The van der Waals surface area contributed by atoms with Crippen LogP contribution in [0.1, 0.15) is 11.7 Å². The summed E-state index contributed by atoms with van der Waals surface area (Å²) >= 11 is 11.3. The van der Waals surface area contributed by atoms with E-state index in [1.54, 1.807) is 0 Å². The number of halogens is 2. The summed E-state index contributed by atoms with van der Waals surface area (Å²) in [5.41, 5.74) is -0.152. The quantitative estimate of drug-likeness (QED) is 0.726. The molecule has 0 aromatic heterocycles. The van der Waals surface area contributed by atoms with Crippen molar-refractivity contribution in [3.8, 4) is 5.75 Å². The van der Waals surface area contributed by atoms with E-state index in [9.17, 15) is 20.1 Å². The van der Waals surface area contributed by atoms with E-state index in [1.807, 2.05) is 0 Å². The maximum Gasteiger partial charge on any atom is 0.337 e. The third-order valence-electron chi connectivity index (χ3n) is 2.12. The number of phenolic OH excluding ortho intramolecular Hbond substituents is 1. The summed E-state index contributed by atoms with van der Waals surface area (Å²) in [6.07, 6.45) is -3.51. The lowest BCUT2D eigenvalue weighted by Gasteiger charge is -2.17. The van der Waals surface area contributed by atoms with Crippen molar-refractivity contribution < 1.29 is 24.9 Å². The van der Waals surface area contributed by atoms with Crippen LogP contribution >= 0.6 is 23.2 Å². The molecule has 0 saturated carbocycles. The number of benzene rings is 1. The number of rotatable bonds is 3. The summed E-state index contributed by atoms with van der Waals surface area (Å²) < 4.78 is 4.26. The highest BCUT2D eigenvalue weighted by molar-refractivity contribution is 6.35. The lowest BCUT2D eigenvalue weighted by atomic mass is 10.0. The van der Waals surface area contributed by atoms with Crippen LogP contribution in [0.15, 0.2) is 12.1 Å². The number of esters is 1. The molecule has 3 N–H and O–H groups in total. The number of methoxy groups -OCH3 is 1. The second-order valence-electron chi connectivity index (χ2n) is 3.24. The highest BCUT2D eigenvalue weighted by atomic mass is 35.5. The second-order valence-corrected chi connectivity index (χ2v) is 4.08. The SMILES string of the molecule is COC(=O)C(O)C(O)c1cc(Cl)cc(Cl)c1O. The molecule has 0 heterocycles. The van der Waals surface area contributed by atoms with E-state index in [4.69, 9.17) is 23.2 Å². The van der Waals surface area contributed by atoms with Crippen LogP contribution in [0.2, 0.25) is 10.0 Å². The first-order valence-electron chi connectivity index (χ1n) is 4.50. The Labute approximate surface area is 107 Å². The van der Waals surface area contributed by atoms with E-state index in [1.165, 1.54) is 12.1 Å². The Bertz CT molecular complexity index is 435. The molecule has 0 aliphatic heterocycles. The van der Waals surface area contributed by atoms with Gasteiger partial charge in [0.25, 0.3) is 0 Å². The first-order valence-corrected chi connectivity index (χ1v) is 5.26. The smallest absolute Gasteiger partial charge is 0.337 e. The molecular weight excluding hydrogens is 271 g/mol. The van der Waals surface area contributed by atoms with E-state index < -0.39 is 23.9 Å². The Morgan fingerprint density at radius 3 is 2.47 bits per heavy atom. The highest BCUT2D eigenvalue weighted by Crippen LogP contribution is 2.36. The van der Waals surface area contributed by atoms with Crippen molar-refractivity contribution in [2.75, 3.05) is 7.11 Å². The van der Waals surface area contributed by atoms with Crippen molar-refractivity contribution in [2.45, 2.75) is 12.2 Å². The Hall–Kier alpha value is -1.01. The predicted molar refractivity (Wildman–Crippen MR) is 61.1 cm³/mol. The van der Waals surface area contributed by atoms with Crippen molar-refractivity contribution in [3.63, 3.8) is 0 Å². The van der Waals surface area contributed by atoms with E-state index in [0.29, 0.717) is 0 Å². The molecule has 17 heavy (non-hydrogen) atoms. The Kier molecular flexibility index (Phi) is 4.59. The van der Waals surface area contributed by atoms with Gasteiger partial charge in [-0.25, -0.2) is 4.79 Å². The molecule has 7 heteroatoms. The standard InChI is InChI=1S/C10H10Cl2O5/c1-17-10(16)9(15)8(14)5-2-4(11)3-6(12)7(5)13/h2-3,8-9,13-15H,1H3. The number of aliphatic hydroxyl groups excluding tert-OH is 2. The lowest BCUT2D eigenvalue weighted by Crippen LogP contribution is -2.29. The molecule has 0 saturated heterocycles. The molecule has 0 bridgehead atoms. The predicted octanol–water partition coefficient (Wildman–Crippen LogP) is 1.27. The van der Waals surface area contributed by atoms with Crippen molar-refractivity contribution in [3.05, 3.63) is 27.7 Å². The maximum absolute atomic E-state index is 11.0. The summed E-state index contributed by atoms with van der Waals surface area (Å²) in [5.74, 6) is -1.49. The van der Waals surface area contributed by atoms with Gasteiger partial charge >= 0.3 is 5.97 Å². The highest BCUT2D eigenvalue weighted by Gasteiger charge is 2.29. The summed E-state index contributed by atoms with van der Waals surface area (Å²) in [5, 5.41) is 28.8. The number of carbonyl (C=O) groups is 1. The Morgan fingerprint density at radius 2 is 1.94 bits per heavy atom. The number of aromatic hydroxyl groups is 1. The van der Waals surface area contributed by atoms with Crippen LogP contribution in [0.5, 0.6) is 5.75 Å². The summed E-state index contributed by atoms with van der Waals surface area (Å²) in [7, 11) is 1.06. The largest absolute Gasteiger partial charge is 0.506 e. The van der Waals surface area contributed by atoms with Crippen molar-refractivity contribution >= 4 is 29.2 Å². The molecule has 2 unspecified atom stereocenters. The Balaban J connectivity index is 3.12. The number of carbonyl (C=O) groups excluding carboxylic acids is 1. The van der Waals surface area contributed by atoms with Gasteiger partial charge in [0, 0.05) is 10.6 Å². The van der Waals surface area contributed by atoms with Crippen molar-refractivity contribution in [1.82, 2.24) is 0 Å². The molecule has 0 fully saturated rings. The molecule has 0 radical (unpaired) electrons. The monoisotopic (exact) mass is 280 g/mol. The minimum Gasteiger partial charge on any atom is -0.506 e. The Morgan fingerprint density at radius 1 is 1.35 bits per heavy atom. The number of hydrogen-bond donors (Lipinski definition) is 3. The molecule has 1 rings (SSSR count). The normalized spacial score (nSPS) is 14.2. The zero-order valence-corrected chi connectivity index (χ0v) is 10.2. The van der Waals surface area contributed by atoms with Crippen LogP contribution in [0.3, 0.4) is 0 Å². The van der Waals surface area contributed by atoms with Crippen LogP contribution in [-0.2, 0) is 9.53 Å². The molecule has 0 aliphatic rings. The average Bonchev–Trinajstić information content (AvgIpc) is 2.30. The molecule has 0 spiro atoms. The van der Waals surface area contributed by atoms with Gasteiger partial charge in [-0.15, -0.1) is 0 Å². The minimum atomic E-state index is -1.83. The molecule has 1 aromatic carbocycles. The van der Waals surface area contributed by atoms with Gasteiger partial charge in [-0.05, 0) is 12.1 Å². The number of hydrogen-bond acceptors (Lipinski definition) is 5. The van der Waals surface area contributed by atoms with Crippen LogP contribution in [0.25, 0.3) is 0 Å². The fourth-order valence-corrected chi connectivity index (χ4v) is 1.74. The second kappa shape index (κ2) is 5.55. The molecule has 5 nitrogen and oxygen atoms in total. The van der Waals surface area contributed by atoms with E-state index in [2.05, 4.69) is 4.74 Å². The minimum absolute atomic E-state index is 0.0939. The molecule has 2 atom stereocenters. The number of ether oxygens (including phenoxy) is 1. The van der Waals surface area contributed by atoms with Crippen LogP contribution in [-0.4, -0.2) is 34.5 Å². The van der Waals surface area contributed by atoms with Crippen molar-refractivity contribution in [1.29, 1.82) is 0 Å². The van der Waals surface area contributed by atoms with Gasteiger partial charge in [-0.2, -0.15) is 0 Å². The van der Waals surface area contributed by atoms with Gasteiger partial charge < -0.3 is 20.1 Å². The molecule has 0 amide bonds. The van der Waals surface area contributed by atoms with Gasteiger partial charge in [0.05, 0.1) is 12.1 Å². The van der Waals surface area contributed by atoms with E-state index in [0.717, 1.165) is 7.11 Å². The van der Waals surface area contributed by atoms with E-state index >= 15 is 0 Å². The van der Waals surface area contributed by atoms with Gasteiger partial charge in [0.2, 0.25) is 0 Å². The zero-order valence-electron chi connectivity index (χ0n) is 8.72. The van der Waals surface area contributed by atoms with Crippen molar-refractivity contribution in [2.24, 2.45) is 0 Å². The van der Waals surface area contributed by atoms with Gasteiger partial charge in [0.1, 0.15) is 11.9 Å². The lowest BCUT2D eigenvalue weighted by molar-refractivity contribution is -0.156. The fraction of sp³-hybridized carbons (Fsp3) is 0.300. The summed E-state index contributed by atoms with van der Waals surface area (Å²) in [6.45, 7) is 0. The zero-order chi connectivity index (χ0) is 13.2. The summed E-state index contributed by atoms with van der Waals surface area (Å²) in [6, 6.07) is 2.46. The van der Waals surface area contributed by atoms with Gasteiger partial charge in [-0.3, -0.25) is 0 Å². The summed E-state index contributed by atoms with van der Waals surface area (Å²) in [4.78, 5) is 11.0. The van der Waals surface area contributed by atoms with Gasteiger partial charge in [0.15, 0.2) is 6.10 Å². The maximum atomic E-state index is 11.0. The molecule has 94 valence electrons. The molecule has 0 aliphatic carbocycles. The van der Waals surface area contributed by atoms with Crippen LogP contribution < -0.4 is 0 Å². The topological polar surface area (TPSA) is 87.0 Å². The number of aliphatic hydroxyl groups is 2. The first kappa shape index (κ1) is 14.1. The number of phenols is 1. The van der Waals surface area contributed by atoms with Crippen LogP contribution in [0.4, 0.5) is 0 Å². The average molecular weight is 281 g/mol. The third-order valence-corrected chi connectivity index (χ3v) is 2.62.